The SMILES string of the molecule is C=C(C)[C@H](CCC(C)=O)CC(=O)SCCNC(=O)CCNC(=O)C(O)C(C)(C)COP(=O)(O)OP(=O)(O)OC[C@H]1O[C@@H](n2cnc3c(N)ncnc32)[C@H](O)[C@@H]1OP(=O)(O)O. The van der Waals surface area contributed by atoms with Gasteiger partial charge in [0.1, 0.15) is 42.0 Å². The van der Waals surface area contributed by atoms with E-state index in [1.165, 1.54) is 20.8 Å². The fourth-order valence-corrected chi connectivity index (χ4v) is 9.04. The summed E-state index contributed by atoms with van der Waals surface area (Å²) in [5.74, 6) is -1.34. The first-order valence-corrected chi connectivity index (χ1v) is 23.4. The normalized spacial score (nSPS) is 21.4. The van der Waals surface area contributed by atoms with Gasteiger partial charge in [0.25, 0.3) is 0 Å². The molecule has 1 fully saturated rings. The predicted octanol–water partition coefficient (Wildman–Crippen LogP) is 0.616. The fraction of sp³-hybridized carbons (Fsp3) is 0.645. The van der Waals surface area contributed by atoms with Crippen molar-refractivity contribution >= 4 is 74.9 Å². The molecule has 25 nitrogen and oxygen atoms in total. The van der Waals surface area contributed by atoms with Gasteiger partial charge in [-0.05, 0) is 26.2 Å². The van der Waals surface area contributed by atoms with Crippen molar-refractivity contribution in [2.75, 3.05) is 37.8 Å². The Labute approximate surface area is 347 Å². The van der Waals surface area contributed by atoms with Crippen molar-refractivity contribution in [2.24, 2.45) is 11.3 Å². The largest absolute Gasteiger partial charge is 0.481 e. The lowest BCUT2D eigenvalue weighted by Crippen LogP contribution is -2.46. The zero-order valence-corrected chi connectivity index (χ0v) is 36.4. The molecule has 8 atom stereocenters. The Morgan fingerprint density at radius 2 is 1.70 bits per heavy atom. The Kier molecular flexibility index (Phi) is 18.7. The molecular weight excluding hydrogens is 883 g/mol. The first-order chi connectivity index (χ1) is 27.7. The fourth-order valence-electron chi connectivity index (χ4n) is 5.46. The van der Waals surface area contributed by atoms with Crippen molar-refractivity contribution in [2.45, 2.75) is 84.0 Å². The number of hydrogen-bond acceptors (Lipinski definition) is 19. The number of nitrogens with one attached hydrogen (secondary N) is 2. The number of aliphatic hydroxyl groups is 2. The molecule has 338 valence electrons. The second kappa shape index (κ2) is 21.9. The highest BCUT2D eigenvalue weighted by Crippen LogP contribution is 2.61. The lowest BCUT2D eigenvalue weighted by Gasteiger charge is -2.30. The summed E-state index contributed by atoms with van der Waals surface area (Å²) in [5.41, 5.74) is 5.03. The highest BCUT2D eigenvalue weighted by molar-refractivity contribution is 8.13. The van der Waals surface area contributed by atoms with Crippen molar-refractivity contribution < 1.29 is 85.3 Å². The van der Waals surface area contributed by atoms with Crippen LogP contribution in [0, 0.1) is 11.3 Å². The van der Waals surface area contributed by atoms with Crippen LogP contribution >= 0.6 is 35.2 Å². The number of phosphoric acid groups is 3. The van der Waals surface area contributed by atoms with Crippen LogP contribution in [0.5, 0.6) is 0 Å². The lowest BCUT2D eigenvalue weighted by atomic mass is 9.87. The summed E-state index contributed by atoms with van der Waals surface area (Å²) in [4.78, 5) is 99.5. The maximum Gasteiger partial charge on any atom is 0.481 e. The number of Topliss-reactive ketones (excluding diaryl/α,β-unsaturated/α-hetero) is 1. The van der Waals surface area contributed by atoms with Crippen LogP contribution in [0.2, 0.25) is 0 Å². The zero-order valence-electron chi connectivity index (χ0n) is 32.9. The van der Waals surface area contributed by atoms with Crippen molar-refractivity contribution in [3.05, 3.63) is 24.8 Å². The number of allylic oxidation sites excluding steroid dienone is 1. The summed E-state index contributed by atoms with van der Waals surface area (Å²) in [7, 11) is -16.4. The monoisotopic (exact) mass is 933 g/mol. The van der Waals surface area contributed by atoms with Gasteiger partial charge in [-0.25, -0.2) is 28.6 Å². The summed E-state index contributed by atoms with van der Waals surface area (Å²) >= 11 is 1.02. The van der Waals surface area contributed by atoms with Gasteiger partial charge in [-0.3, -0.25) is 32.5 Å². The average Bonchev–Trinajstić information content (AvgIpc) is 3.69. The van der Waals surface area contributed by atoms with E-state index >= 15 is 0 Å². The number of amides is 2. The molecular formula is C31H50N7O18P3S. The second-order valence-electron chi connectivity index (χ2n) is 14.3. The van der Waals surface area contributed by atoms with E-state index in [0.29, 0.717) is 12.8 Å². The number of aromatic nitrogens is 4. The third kappa shape index (κ3) is 16.0. The Bertz CT molecular complexity index is 2020. The topological polar surface area (TPSA) is 381 Å². The summed E-state index contributed by atoms with van der Waals surface area (Å²) in [6.07, 6.45) is -5.94. The lowest BCUT2D eigenvalue weighted by molar-refractivity contribution is -0.137. The maximum atomic E-state index is 12.7. The van der Waals surface area contributed by atoms with Gasteiger partial charge >= 0.3 is 23.5 Å². The number of anilines is 1. The second-order valence-corrected chi connectivity index (χ2v) is 19.7. The minimum atomic E-state index is -5.59. The van der Waals surface area contributed by atoms with E-state index in [4.69, 9.17) is 19.5 Å². The molecule has 2 aromatic heterocycles. The molecule has 10 N–H and O–H groups in total. The number of hydrogen-bond donors (Lipinski definition) is 9. The summed E-state index contributed by atoms with van der Waals surface area (Å²) < 4.78 is 62.2. The van der Waals surface area contributed by atoms with Crippen molar-refractivity contribution in [1.82, 2.24) is 30.2 Å². The van der Waals surface area contributed by atoms with Gasteiger partial charge in [0, 0.05) is 43.5 Å². The quantitative estimate of drug-likeness (QED) is 0.0374. The Hall–Kier alpha value is -3.03. The third-order valence-corrected chi connectivity index (χ3v) is 12.7. The van der Waals surface area contributed by atoms with Gasteiger partial charge in [-0.1, -0.05) is 37.8 Å². The number of aliphatic hydroxyl groups excluding tert-OH is 2. The molecule has 2 amide bonds. The molecule has 3 unspecified atom stereocenters. The summed E-state index contributed by atoms with van der Waals surface area (Å²) in [6.45, 7) is 7.51. The number of nitrogens with two attached hydrogens (primary N) is 1. The molecule has 3 rings (SSSR count). The van der Waals surface area contributed by atoms with Crippen LogP contribution in [0.4, 0.5) is 5.82 Å². The molecule has 0 radical (unpaired) electrons. The minimum Gasteiger partial charge on any atom is -0.386 e. The highest BCUT2D eigenvalue weighted by Gasteiger charge is 2.50. The van der Waals surface area contributed by atoms with Crippen molar-refractivity contribution in [3.63, 3.8) is 0 Å². The van der Waals surface area contributed by atoms with Gasteiger partial charge in [-0.15, -0.1) is 0 Å². The molecule has 1 saturated heterocycles. The number of thioether (sulfide) groups is 1. The molecule has 2 aromatic rings. The van der Waals surface area contributed by atoms with Crippen LogP contribution < -0.4 is 16.4 Å². The van der Waals surface area contributed by atoms with E-state index in [1.54, 1.807) is 6.92 Å². The third-order valence-electron chi connectivity index (χ3n) is 8.72. The van der Waals surface area contributed by atoms with Crippen LogP contribution in [0.3, 0.4) is 0 Å². The number of phosphoric ester groups is 3. The molecule has 0 spiro atoms. The molecule has 60 heavy (non-hydrogen) atoms. The Morgan fingerprint density at radius 1 is 1.03 bits per heavy atom. The van der Waals surface area contributed by atoms with Crippen LogP contribution in [-0.2, 0) is 55.5 Å². The average molecular weight is 934 g/mol. The highest BCUT2D eigenvalue weighted by atomic mass is 32.2. The molecule has 29 heteroatoms. The number of carbonyl (C=O) groups is 4. The summed E-state index contributed by atoms with van der Waals surface area (Å²) in [6, 6.07) is 0. The molecule has 0 saturated carbocycles. The molecule has 1 aliphatic heterocycles. The number of ketones is 1. The first-order valence-electron chi connectivity index (χ1n) is 17.9. The Morgan fingerprint density at radius 3 is 2.33 bits per heavy atom. The molecule has 0 aromatic carbocycles. The zero-order chi connectivity index (χ0) is 45.2. The number of imidazole rings is 1. The van der Waals surface area contributed by atoms with Gasteiger partial charge in [-0.2, -0.15) is 4.31 Å². The predicted molar refractivity (Wildman–Crippen MR) is 210 cm³/mol. The van der Waals surface area contributed by atoms with E-state index in [0.717, 1.165) is 34.6 Å². The Balaban J connectivity index is 1.45. The van der Waals surface area contributed by atoms with Crippen LogP contribution in [-0.4, -0.2) is 128 Å². The molecule has 0 aliphatic carbocycles. The van der Waals surface area contributed by atoms with E-state index in [9.17, 15) is 62.7 Å². The smallest absolute Gasteiger partial charge is 0.386 e. The number of rotatable bonds is 25. The number of nitrogen functional groups attached to an aromatic ring is 1. The van der Waals surface area contributed by atoms with Gasteiger partial charge in [0.05, 0.1) is 19.5 Å². The first kappa shape index (κ1) is 51.3. The minimum absolute atomic E-state index is 0.0210. The van der Waals surface area contributed by atoms with Gasteiger partial charge in [0.15, 0.2) is 22.8 Å². The van der Waals surface area contributed by atoms with Gasteiger partial charge < -0.3 is 55.7 Å². The van der Waals surface area contributed by atoms with Crippen LogP contribution in [0.25, 0.3) is 11.2 Å². The number of carbonyl (C=O) groups excluding carboxylic acids is 4. The van der Waals surface area contributed by atoms with Crippen LogP contribution in [0.15, 0.2) is 24.8 Å². The standard InChI is InChI=1S/C31H50N7O18P3S/c1-17(2)19(7-6-18(3)39)12-22(41)60-11-10-33-21(40)8-9-34-29(44)26(43)31(4,5)14-53-59(50,51)56-58(48,49)52-13-20-25(55-57(45,46)47)24(42)30(54-20)38-16-37-23-27(32)35-15-36-28(23)38/h15-16,19-20,24-26,30,42-43H,1,6-14H2,2-5H3,(H,33,40)(H,34,44)(H,48,49)(H,50,51)(H2,32,35,36)(H2,45,46,47)/t19-,20-,24-,25-,26?,30-/m1/s1. The van der Waals surface area contributed by atoms with Crippen molar-refractivity contribution in [3.8, 4) is 0 Å². The maximum absolute atomic E-state index is 12.7. The molecule has 3 heterocycles. The van der Waals surface area contributed by atoms with E-state index in [1.807, 2.05) is 0 Å². The number of nitrogens with zero attached hydrogens (tertiary/aromatic N) is 4. The number of fused-ring (bicyclic) bond motifs is 1. The van der Waals surface area contributed by atoms with E-state index in [2.05, 4.69) is 41.0 Å². The molecule has 0 bridgehead atoms. The molecule has 1 aliphatic rings. The number of ether oxygens (including phenoxy) is 1. The van der Waals surface area contributed by atoms with Crippen molar-refractivity contribution in [1.29, 1.82) is 0 Å². The van der Waals surface area contributed by atoms with Crippen LogP contribution in [0.1, 0.15) is 59.6 Å². The van der Waals surface area contributed by atoms with E-state index < -0.39 is 84.6 Å². The van der Waals surface area contributed by atoms with Gasteiger partial charge in [0.2, 0.25) is 11.8 Å². The van der Waals surface area contributed by atoms with E-state index in [-0.39, 0.29) is 65.5 Å². The summed E-state index contributed by atoms with van der Waals surface area (Å²) in [5, 5.41) is 26.3.